The number of rotatable bonds is 4. The molecule has 0 aromatic heterocycles. The van der Waals surface area contributed by atoms with E-state index in [1.54, 1.807) is 6.92 Å². The predicted octanol–water partition coefficient (Wildman–Crippen LogP) is 1.93. The molecule has 1 amide bonds. The van der Waals surface area contributed by atoms with Crippen LogP contribution in [0.4, 0.5) is 10.1 Å². The van der Waals surface area contributed by atoms with Crippen molar-refractivity contribution in [2.45, 2.75) is 32.7 Å². The van der Waals surface area contributed by atoms with Crippen LogP contribution in [0.5, 0.6) is 0 Å². The number of nitrogens with two attached hydrogens (primary N) is 1. The summed E-state index contributed by atoms with van der Waals surface area (Å²) < 4.78 is 13.9. The lowest BCUT2D eigenvalue weighted by molar-refractivity contribution is 0.0936. The Morgan fingerprint density at radius 3 is 2.75 bits per heavy atom. The summed E-state index contributed by atoms with van der Waals surface area (Å²) in [5.41, 5.74) is 6.49. The molecule has 0 saturated carbocycles. The predicted molar refractivity (Wildman–Crippen MR) is 78.2 cm³/mol. The van der Waals surface area contributed by atoms with E-state index in [2.05, 4.69) is 17.1 Å². The number of hydrogen-bond donors (Lipinski definition) is 2. The molecule has 5 heteroatoms. The van der Waals surface area contributed by atoms with E-state index in [4.69, 9.17) is 5.73 Å². The van der Waals surface area contributed by atoms with Crippen LogP contribution >= 0.6 is 0 Å². The Hall–Kier alpha value is -1.62. The van der Waals surface area contributed by atoms with Crippen molar-refractivity contribution in [3.63, 3.8) is 0 Å². The van der Waals surface area contributed by atoms with Crippen molar-refractivity contribution < 1.29 is 9.18 Å². The fraction of sp³-hybridized carbons (Fsp3) is 0.533. The van der Waals surface area contributed by atoms with Gasteiger partial charge in [0.25, 0.3) is 5.91 Å². The lowest BCUT2D eigenvalue weighted by atomic mass is 10.1. The van der Waals surface area contributed by atoms with Gasteiger partial charge in [-0.2, -0.15) is 0 Å². The van der Waals surface area contributed by atoms with Crippen LogP contribution in [0.3, 0.4) is 0 Å². The van der Waals surface area contributed by atoms with Gasteiger partial charge in [-0.25, -0.2) is 4.39 Å². The minimum atomic E-state index is -0.495. The van der Waals surface area contributed by atoms with Crippen LogP contribution in [0.1, 0.15) is 35.7 Å². The second-order valence-corrected chi connectivity index (χ2v) is 5.50. The van der Waals surface area contributed by atoms with Crippen LogP contribution in [0.15, 0.2) is 12.1 Å². The Balaban J connectivity index is 1.98. The van der Waals surface area contributed by atoms with Gasteiger partial charge >= 0.3 is 0 Å². The Morgan fingerprint density at radius 1 is 1.45 bits per heavy atom. The van der Waals surface area contributed by atoms with Gasteiger partial charge in [0.15, 0.2) is 0 Å². The number of nitrogens with zero attached hydrogens (tertiary/aromatic N) is 1. The molecule has 0 radical (unpaired) electrons. The van der Waals surface area contributed by atoms with Gasteiger partial charge in [0.05, 0.1) is 5.56 Å². The molecule has 1 aliphatic heterocycles. The number of carbonyl (C=O) groups is 1. The SMILES string of the molecule is Cc1cc(N)cc(C(=O)NCC(C)N2CCCC2)c1F. The van der Waals surface area contributed by atoms with Gasteiger partial charge < -0.3 is 11.1 Å². The van der Waals surface area contributed by atoms with Gasteiger partial charge in [0, 0.05) is 18.3 Å². The molecule has 1 heterocycles. The summed E-state index contributed by atoms with van der Waals surface area (Å²) in [6.45, 7) is 6.35. The van der Waals surface area contributed by atoms with E-state index < -0.39 is 11.7 Å². The first kappa shape index (κ1) is 14.8. The monoisotopic (exact) mass is 279 g/mol. The number of aryl methyl sites for hydroxylation is 1. The minimum Gasteiger partial charge on any atom is -0.399 e. The standard InChI is InChI=1S/C15H22FN3O/c1-10-7-12(17)8-13(14(10)16)15(20)18-9-11(2)19-5-3-4-6-19/h7-8,11H,3-6,9,17H2,1-2H3,(H,18,20). The quantitative estimate of drug-likeness (QED) is 0.828. The number of likely N-dealkylation sites (tertiary alicyclic amines) is 1. The molecule has 1 aromatic rings. The smallest absolute Gasteiger partial charge is 0.254 e. The molecule has 0 bridgehead atoms. The van der Waals surface area contributed by atoms with Crippen LogP contribution in [-0.4, -0.2) is 36.5 Å². The topological polar surface area (TPSA) is 58.4 Å². The van der Waals surface area contributed by atoms with Gasteiger partial charge in [-0.3, -0.25) is 9.69 Å². The summed E-state index contributed by atoms with van der Waals surface area (Å²) in [4.78, 5) is 14.4. The number of anilines is 1. The number of nitrogen functional groups attached to an aromatic ring is 1. The summed E-state index contributed by atoms with van der Waals surface area (Å²) in [6, 6.07) is 3.18. The van der Waals surface area contributed by atoms with Gasteiger partial charge in [-0.15, -0.1) is 0 Å². The zero-order valence-corrected chi connectivity index (χ0v) is 12.1. The second-order valence-electron chi connectivity index (χ2n) is 5.50. The van der Waals surface area contributed by atoms with Crippen molar-refractivity contribution in [3.05, 3.63) is 29.1 Å². The first-order valence-corrected chi connectivity index (χ1v) is 7.07. The molecular formula is C15H22FN3O. The number of nitrogens with one attached hydrogen (secondary N) is 1. The third-order valence-electron chi connectivity index (χ3n) is 3.84. The van der Waals surface area contributed by atoms with Crippen molar-refractivity contribution in [3.8, 4) is 0 Å². The fourth-order valence-corrected chi connectivity index (χ4v) is 2.61. The molecule has 0 aliphatic carbocycles. The van der Waals surface area contributed by atoms with Crippen LogP contribution in [0, 0.1) is 12.7 Å². The summed E-state index contributed by atoms with van der Waals surface area (Å²) in [5, 5.41) is 2.79. The maximum absolute atomic E-state index is 13.9. The summed E-state index contributed by atoms with van der Waals surface area (Å²) >= 11 is 0. The average molecular weight is 279 g/mol. The summed E-state index contributed by atoms with van der Waals surface area (Å²) in [7, 11) is 0. The average Bonchev–Trinajstić information content (AvgIpc) is 2.93. The lowest BCUT2D eigenvalue weighted by Crippen LogP contribution is -2.40. The molecular weight excluding hydrogens is 257 g/mol. The van der Waals surface area contributed by atoms with Crippen molar-refractivity contribution in [1.29, 1.82) is 0 Å². The first-order chi connectivity index (χ1) is 9.49. The van der Waals surface area contributed by atoms with E-state index in [1.165, 1.54) is 25.0 Å². The van der Waals surface area contributed by atoms with Crippen molar-refractivity contribution in [2.75, 3.05) is 25.4 Å². The number of benzene rings is 1. The van der Waals surface area contributed by atoms with Crippen LogP contribution in [0.2, 0.25) is 0 Å². The number of hydrogen-bond acceptors (Lipinski definition) is 3. The van der Waals surface area contributed by atoms with E-state index in [9.17, 15) is 9.18 Å². The van der Waals surface area contributed by atoms with Crippen molar-refractivity contribution in [2.24, 2.45) is 0 Å². The van der Waals surface area contributed by atoms with Gasteiger partial charge in [-0.05, 0) is 57.5 Å². The third kappa shape index (κ3) is 3.28. The van der Waals surface area contributed by atoms with E-state index in [1.807, 2.05) is 0 Å². The van der Waals surface area contributed by atoms with Crippen LogP contribution in [-0.2, 0) is 0 Å². The summed E-state index contributed by atoms with van der Waals surface area (Å²) in [5.74, 6) is -0.894. The zero-order chi connectivity index (χ0) is 14.7. The van der Waals surface area contributed by atoms with E-state index >= 15 is 0 Å². The van der Waals surface area contributed by atoms with Crippen LogP contribution < -0.4 is 11.1 Å². The van der Waals surface area contributed by atoms with Crippen molar-refractivity contribution >= 4 is 11.6 Å². The highest BCUT2D eigenvalue weighted by Crippen LogP contribution is 2.17. The highest BCUT2D eigenvalue weighted by molar-refractivity contribution is 5.95. The summed E-state index contributed by atoms with van der Waals surface area (Å²) in [6.07, 6.45) is 2.42. The molecule has 4 nitrogen and oxygen atoms in total. The fourth-order valence-electron chi connectivity index (χ4n) is 2.61. The molecule has 1 saturated heterocycles. The highest BCUT2D eigenvalue weighted by atomic mass is 19.1. The van der Waals surface area contributed by atoms with Gasteiger partial charge in [-0.1, -0.05) is 0 Å². The Labute approximate surface area is 119 Å². The van der Waals surface area contributed by atoms with Gasteiger partial charge in [0.1, 0.15) is 5.82 Å². The maximum atomic E-state index is 13.9. The molecule has 2 rings (SSSR count). The number of carbonyl (C=O) groups excluding carboxylic acids is 1. The largest absolute Gasteiger partial charge is 0.399 e. The molecule has 1 aromatic carbocycles. The number of halogens is 1. The van der Waals surface area contributed by atoms with Crippen LogP contribution in [0.25, 0.3) is 0 Å². The minimum absolute atomic E-state index is 0.0242. The molecule has 1 fully saturated rings. The molecule has 1 aliphatic rings. The Bertz CT molecular complexity index is 498. The molecule has 1 atom stereocenters. The number of amides is 1. The van der Waals surface area contributed by atoms with E-state index in [-0.39, 0.29) is 11.6 Å². The highest BCUT2D eigenvalue weighted by Gasteiger charge is 2.20. The molecule has 3 N–H and O–H groups in total. The van der Waals surface area contributed by atoms with Gasteiger partial charge in [0.2, 0.25) is 0 Å². The molecule has 0 spiro atoms. The maximum Gasteiger partial charge on any atom is 0.254 e. The van der Waals surface area contributed by atoms with Crippen molar-refractivity contribution in [1.82, 2.24) is 10.2 Å². The Kier molecular flexibility index (Phi) is 4.60. The lowest BCUT2D eigenvalue weighted by Gasteiger charge is -2.23. The van der Waals surface area contributed by atoms with E-state index in [0.717, 1.165) is 13.1 Å². The molecule has 1 unspecified atom stereocenters. The molecule has 110 valence electrons. The third-order valence-corrected chi connectivity index (χ3v) is 3.84. The second kappa shape index (κ2) is 6.22. The zero-order valence-electron chi connectivity index (χ0n) is 12.1. The molecule has 20 heavy (non-hydrogen) atoms. The Morgan fingerprint density at radius 2 is 2.10 bits per heavy atom. The van der Waals surface area contributed by atoms with E-state index in [0.29, 0.717) is 17.8 Å². The first-order valence-electron chi connectivity index (χ1n) is 7.07. The normalized spacial score (nSPS) is 17.1.